The maximum Gasteiger partial charge on any atom is 0.0372 e. The average Bonchev–Trinajstić information content (AvgIpc) is 2.25. The van der Waals surface area contributed by atoms with Crippen molar-refractivity contribution in [3.05, 3.63) is 28.8 Å². The van der Waals surface area contributed by atoms with Gasteiger partial charge in [-0.25, -0.2) is 0 Å². The Balaban J connectivity index is 2.80. The fourth-order valence-electron chi connectivity index (χ4n) is 1.55. The van der Waals surface area contributed by atoms with E-state index >= 15 is 0 Å². The van der Waals surface area contributed by atoms with Crippen LogP contribution in [0.3, 0.4) is 0 Å². The van der Waals surface area contributed by atoms with Gasteiger partial charge < -0.3 is 11.1 Å². The molecule has 0 aromatic heterocycles. The predicted octanol–water partition coefficient (Wildman–Crippen LogP) is 3.01. The summed E-state index contributed by atoms with van der Waals surface area (Å²) in [7, 11) is 0. The van der Waals surface area contributed by atoms with Gasteiger partial charge in [-0.3, -0.25) is 0 Å². The van der Waals surface area contributed by atoms with E-state index in [0.29, 0.717) is 6.54 Å². The monoisotopic (exact) mass is 220 g/mol. The molecule has 3 N–H and O–H groups in total. The second-order valence-electron chi connectivity index (χ2n) is 5.40. The quantitative estimate of drug-likeness (QED) is 0.818. The first kappa shape index (κ1) is 13.0. The number of hydrogen-bond acceptors (Lipinski definition) is 2. The highest BCUT2D eigenvalue weighted by molar-refractivity contribution is 5.56. The van der Waals surface area contributed by atoms with Gasteiger partial charge >= 0.3 is 0 Å². The molecule has 0 aliphatic carbocycles. The van der Waals surface area contributed by atoms with Crippen LogP contribution in [0, 0.1) is 26.2 Å². The topological polar surface area (TPSA) is 38.0 Å². The van der Waals surface area contributed by atoms with E-state index in [1.165, 1.54) is 22.4 Å². The molecule has 0 amide bonds. The number of rotatable bonds is 4. The molecule has 90 valence electrons. The lowest BCUT2D eigenvalue weighted by molar-refractivity contribution is 0.405. The molecule has 0 aliphatic heterocycles. The van der Waals surface area contributed by atoms with Gasteiger partial charge in [-0.15, -0.1) is 0 Å². The molecule has 2 nitrogen and oxygen atoms in total. The van der Waals surface area contributed by atoms with Crippen LogP contribution in [-0.4, -0.2) is 13.1 Å². The van der Waals surface area contributed by atoms with E-state index in [9.17, 15) is 0 Å². The molecule has 1 aromatic carbocycles. The van der Waals surface area contributed by atoms with Crippen molar-refractivity contribution in [3.8, 4) is 0 Å². The van der Waals surface area contributed by atoms with E-state index in [4.69, 9.17) is 5.73 Å². The molecular weight excluding hydrogens is 196 g/mol. The molecule has 0 saturated heterocycles. The van der Waals surface area contributed by atoms with Gasteiger partial charge in [0.2, 0.25) is 0 Å². The van der Waals surface area contributed by atoms with E-state index in [0.717, 1.165) is 6.54 Å². The van der Waals surface area contributed by atoms with Gasteiger partial charge in [0.1, 0.15) is 0 Å². The second kappa shape index (κ2) is 4.88. The van der Waals surface area contributed by atoms with Crippen LogP contribution in [0.2, 0.25) is 0 Å². The Labute approximate surface area is 99.2 Å². The first-order valence-electron chi connectivity index (χ1n) is 5.88. The fourth-order valence-corrected chi connectivity index (χ4v) is 1.55. The Bertz CT molecular complexity index is 367. The van der Waals surface area contributed by atoms with Gasteiger partial charge in [0.05, 0.1) is 0 Å². The molecule has 0 spiro atoms. The Hall–Kier alpha value is -1.02. The number of benzene rings is 1. The van der Waals surface area contributed by atoms with E-state index in [1.807, 2.05) is 0 Å². The van der Waals surface area contributed by atoms with Crippen LogP contribution >= 0.6 is 0 Å². The van der Waals surface area contributed by atoms with Crippen molar-refractivity contribution in [2.45, 2.75) is 34.6 Å². The van der Waals surface area contributed by atoms with E-state index in [1.54, 1.807) is 0 Å². The zero-order valence-corrected chi connectivity index (χ0v) is 11.1. The summed E-state index contributed by atoms with van der Waals surface area (Å²) in [6, 6.07) is 4.32. The summed E-state index contributed by atoms with van der Waals surface area (Å²) in [6.45, 7) is 12.4. The first-order chi connectivity index (χ1) is 7.37. The molecule has 2 heteroatoms. The lowest BCUT2D eigenvalue weighted by Crippen LogP contribution is -2.31. The second-order valence-corrected chi connectivity index (χ2v) is 5.40. The van der Waals surface area contributed by atoms with Crippen LogP contribution in [0.5, 0.6) is 0 Å². The summed E-state index contributed by atoms with van der Waals surface area (Å²) in [6.07, 6.45) is 0. The summed E-state index contributed by atoms with van der Waals surface area (Å²) < 4.78 is 0. The number of hydrogen-bond donors (Lipinski definition) is 2. The summed E-state index contributed by atoms with van der Waals surface area (Å²) in [5.41, 5.74) is 11.2. The summed E-state index contributed by atoms with van der Waals surface area (Å²) in [5.74, 6) is 0. The molecule has 0 radical (unpaired) electrons. The molecule has 0 fully saturated rings. The predicted molar refractivity (Wildman–Crippen MR) is 72.0 cm³/mol. The van der Waals surface area contributed by atoms with Gasteiger partial charge in [-0.05, 0) is 55.5 Å². The van der Waals surface area contributed by atoms with Crippen molar-refractivity contribution in [3.63, 3.8) is 0 Å². The van der Waals surface area contributed by atoms with Crippen molar-refractivity contribution in [2.75, 3.05) is 18.4 Å². The Morgan fingerprint density at radius 3 is 2.31 bits per heavy atom. The zero-order chi connectivity index (χ0) is 12.3. The Morgan fingerprint density at radius 2 is 1.75 bits per heavy atom. The van der Waals surface area contributed by atoms with Crippen molar-refractivity contribution in [1.82, 2.24) is 0 Å². The highest BCUT2D eigenvalue weighted by atomic mass is 14.9. The lowest BCUT2D eigenvalue weighted by atomic mass is 9.93. The molecule has 0 saturated carbocycles. The van der Waals surface area contributed by atoms with Crippen molar-refractivity contribution < 1.29 is 0 Å². The molecule has 0 aliphatic rings. The maximum absolute atomic E-state index is 5.72. The third kappa shape index (κ3) is 2.99. The van der Waals surface area contributed by atoms with Crippen LogP contribution in [0.1, 0.15) is 30.5 Å². The minimum Gasteiger partial charge on any atom is -0.384 e. The summed E-state index contributed by atoms with van der Waals surface area (Å²) >= 11 is 0. The Kier molecular flexibility index (Phi) is 3.98. The van der Waals surface area contributed by atoms with Crippen molar-refractivity contribution in [2.24, 2.45) is 11.1 Å². The van der Waals surface area contributed by atoms with E-state index in [2.05, 4.69) is 52.1 Å². The van der Waals surface area contributed by atoms with Gasteiger partial charge in [0.15, 0.2) is 0 Å². The maximum atomic E-state index is 5.72. The van der Waals surface area contributed by atoms with Gasteiger partial charge in [-0.1, -0.05) is 19.9 Å². The van der Waals surface area contributed by atoms with Crippen LogP contribution in [-0.2, 0) is 0 Å². The molecular formula is C14H24N2. The number of nitrogens with one attached hydrogen (secondary N) is 1. The largest absolute Gasteiger partial charge is 0.384 e. The standard InChI is InChI=1S/C14H24N2/c1-10-6-7-13(12(3)11(10)2)16-9-14(4,5)8-15/h6-7,16H,8-9,15H2,1-5H3. The molecule has 0 bridgehead atoms. The van der Waals surface area contributed by atoms with E-state index < -0.39 is 0 Å². The van der Waals surface area contributed by atoms with Crippen LogP contribution in [0.4, 0.5) is 5.69 Å². The minimum absolute atomic E-state index is 0.144. The van der Waals surface area contributed by atoms with Gasteiger partial charge in [0, 0.05) is 12.2 Å². The van der Waals surface area contributed by atoms with Crippen LogP contribution in [0.15, 0.2) is 12.1 Å². The number of nitrogens with two attached hydrogens (primary N) is 1. The minimum atomic E-state index is 0.144. The van der Waals surface area contributed by atoms with Crippen LogP contribution in [0.25, 0.3) is 0 Å². The Morgan fingerprint density at radius 1 is 1.12 bits per heavy atom. The average molecular weight is 220 g/mol. The molecule has 0 unspecified atom stereocenters. The zero-order valence-electron chi connectivity index (χ0n) is 11.1. The normalized spacial score (nSPS) is 11.6. The smallest absolute Gasteiger partial charge is 0.0372 e. The fraction of sp³-hybridized carbons (Fsp3) is 0.571. The number of aryl methyl sites for hydroxylation is 1. The molecule has 1 aromatic rings. The molecule has 0 heterocycles. The number of anilines is 1. The van der Waals surface area contributed by atoms with E-state index in [-0.39, 0.29) is 5.41 Å². The molecule has 1 rings (SSSR count). The summed E-state index contributed by atoms with van der Waals surface area (Å²) in [5, 5.41) is 3.49. The summed E-state index contributed by atoms with van der Waals surface area (Å²) in [4.78, 5) is 0. The highest BCUT2D eigenvalue weighted by Gasteiger charge is 2.15. The SMILES string of the molecule is Cc1ccc(NCC(C)(C)CN)c(C)c1C. The molecule has 16 heavy (non-hydrogen) atoms. The van der Waals surface area contributed by atoms with Gasteiger partial charge in [0.25, 0.3) is 0 Å². The molecule has 0 atom stereocenters. The van der Waals surface area contributed by atoms with Crippen molar-refractivity contribution >= 4 is 5.69 Å². The third-order valence-electron chi connectivity index (χ3n) is 3.37. The highest BCUT2D eigenvalue weighted by Crippen LogP contribution is 2.23. The lowest BCUT2D eigenvalue weighted by Gasteiger charge is -2.24. The van der Waals surface area contributed by atoms with Crippen LogP contribution < -0.4 is 11.1 Å². The van der Waals surface area contributed by atoms with Crippen molar-refractivity contribution in [1.29, 1.82) is 0 Å². The first-order valence-corrected chi connectivity index (χ1v) is 5.88. The third-order valence-corrected chi connectivity index (χ3v) is 3.37. The van der Waals surface area contributed by atoms with Gasteiger partial charge in [-0.2, -0.15) is 0 Å².